The molecule has 0 heterocycles. The van der Waals surface area contributed by atoms with E-state index >= 15 is 0 Å². The SMILES string of the molecule is C[C@]12CCC(=O)CC1C(=C(F)F)C[C@@H]1[C@@H]2CC[C@]2(C)C(=O)CC[C@@H]12. The van der Waals surface area contributed by atoms with Gasteiger partial charge in [0.25, 0.3) is 6.08 Å². The lowest BCUT2D eigenvalue weighted by molar-refractivity contribution is -0.139. The molecule has 0 spiro atoms. The Labute approximate surface area is 142 Å². The Morgan fingerprint density at radius 1 is 1.00 bits per heavy atom. The van der Waals surface area contributed by atoms with Crippen LogP contribution in [0.4, 0.5) is 8.78 Å². The summed E-state index contributed by atoms with van der Waals surface area (Å²) in [5.41, 5.74) is -0.273. The summed E-state index contributed by atoms with van der Waals surface area (Å²) in [5.74, 6) is 0.985. The van der Waals surface area contributed by atoms with Gasteiger partial charge in [-0.15, -0.1) is 0 Å². The quantitative estimate of drug-likeness (QED) is 0.629. The molecule has 132 valence electrons. The molecule has 4 aliphatic rings. The molecule has 4 aliphatic carbocycles. The van der Waals surface area contributed by atoms with Crippen molar-refractivity contribution in [3.63, 3.8) is 0 Å². The Bertz CT molecular complexity index is 636. The van der Waals surface area contributed by atoms with Gasteiger partial charge in [-0.3, -0.25) is 9.59 Å². The van der Waals surface area contributed by atoms with Crippen LogP contribution in [0.3, 0.4) is 0 Å². The van der Waals surface area contributed by atoms with Gasteiger partial charge in [-0.2, -0.15) is 8.78 Å². The Balaban J connectivity index is 1.77. The van der Waals surface area contributed by atoms with Crippen LogP contribution >= 0.6 is 0 Å². The van der Waals surface area contributed by atoms with E-state index in [-0.39, 0.29) is 46.4 Å². The Morgan fingerprint density at radius 3 is 2.46 bits per heavy atom. The molecular formula is C20H26F2O2. The topological polar surface area (TPSA) is 34.1 Å². The predicted molar refractivity (Wildman–Crippen MR) is 86.4 cm³/mol. The smallest absolute Gasteiger partial charge is 0.269 e. The van der Waals surface area contributed by atoms with Crippen LogP contribution in [0.1, 0.15) is 65.2 Å². The molecule has 2 nitrogen and oxygen atoms in total. The summed E-state index contributed by atoms with van der Waals surface area (Å²) in [6, 6.07) is 0. The normalized spacial score (nSPS) is 47.9. The third-order valence-electron chi connectivity index (χ3n) is 8.28. The average molecular weight is 336 g/mol. The first-order valence-electron chi connectivity index (χ1n) is 9.36. The summed E-state index contributed by atoms with van der Waals surface area (Å²) in [4.78, 5) is 24.4. The molecule has 0 amide bonds. The van der Waals surface area contributed by atoms with Crippen molar-refractivity contribution in [2.24, 2.45) is 34.5 Å². The van der Waals surface area contributed by atoms with Gasteiger partial charge in [0.1, 0.15) is 11.6 Å². The van der Waals surface area contributed by atoms with Crippen LogP contribution in [0.25, 0.3) is 0 Å². The second kappa shape index (κ2) is 5.22. The zero-order valence-electron chi connectivity index (χ0n) is 14.5. The van der Waals surface area contributed by atoms with Crippen LogP contribution in [0.15, 0.2) is 11.7 Å². The maximum atomic E-state index is 13.8. The lowest BCUT2D eigenvalue weighted by Gasteiger charge is -2.59. The molecule has 0 saturated heterocycles. The van der Waals surface area contributed by atoms with Crippen LogP contribution < -0.4 is 0 Å². The minimum atomic E-state index is -1.57. The molecule has 0 aromatic heterocycles. The van der Waals surface area contributed by atoms with Crippen LogP contribution in [0, 0.1) is 34.5 Å². The zero-order valence-corrected chi connectivity index (χ0v) is 14.5. The van der Waals surface area contributed by atoms with E-state index in [0.29, 0.717) is 31.0 Å². The molecule has 4 saturated carbocycles. The number of hydrogen-bond acceptors (Lipinski definition) is 2. The summed E-state index contributed by atoms with van der Waals surface area (Å²) >= 11 is 0. The van der Waals surface area contributed by atoms with Crippen LogP contribution in [0.5, 0.6) is 0 Å². The van der Waals surface area contributed by atoms with Crippen LogP contribution in [-0.4, -0.2) is 11.6 Å². The minimum absolute atomic E-state index is 0.131. The van der Waals surface area contributed by atoms with E-state index in [9.17, 15) is 18.4 Å². The molecular weight excluding hydrogens is 310 g/mol. The van der Waals surface area contributed by atoms with E-state index in [1.54, 1.807) is 0 Å². The lowest BCUT2D eigenvalue weighted by atomic mass is 9.44. The Kier molecular flexibility index (Phi) is 3.57. The fourth-order valence-corrected chi connectivity index (χ4v) is 6.88. The number of ketones is 2. The van der Waals surface area contributed by atoms with Crippen molar-refractivity contribution in [3.8, 4) is 0 Å². The molecule has 4 rings (SSSR count). The number of halogens is 2. The summed E-state index contributed by atoms with van der Waals surface area (Å²) in [5, 5.41) is 0. The van der Waals surface area contributed by atoms with Crippen molar-refractivity contribution in [1.29, 1.82) is 0 Å². The predicted octanol–water partition coefficient (Wildman–Crippen LogP) is 4.93. The molecule has 0 bridgehead atoms. The second-order valence-corrected chi connectivity index (χ2v) is 9.09. The van der Waals surface area contributed by atoms with E-state index in [2.05, 4.69) is 13.8 Å². The highest BCUT2D eigenvalue weighted by atomic mass is 19.3. The average Bonchev–Trinajstić information content (AvgIpc) is 2.83. The molecule has 6 atom stereocenters. The van der Waals surface area contributed by atoms with Gasteiger partial charge in [0.15, 0.2) is 0 Å². The van der Waals surface area contributed by atoms with Gasteiger partial charge in [-0.25, -0.2) is 0 Å². The summed E-state index contributed by atoms with van der Waals surface area (Å²) in [7, 11) is 0. The van der Waals surface area contributed by atoms with E-state index in [1.165, 1.54) is 0 Å². The fourth-order valence-electron chi connectivity index (χ4n) is 6.88. The number of rotatable bonds is 0. The number of fused-ring (bicyclic) bond motifs is 5. The van der Waals surface area contributed by atoms with E-state index in [0.717, 1.165) is 25.7 Å². The van der Waals surface area contributed by atoms with Crippen molar-refractivity contribution in [2.45, 2.75) is 65.2 Å². The molecule has 24 heavy (non-hydrogen) atoms. The zero-order chi connectivity index (χ0) is 17.3. The van der Waals surface area contributed by atoms with E-state index in [4.69, 9.17) is 0 Å². The third-order valence-corrected chi connectivity index (χ3v) is 8.28. The molecule has 0 N–H and O–H groups in total. The highest BCUT2D eigenvalue weighted by Crippen LogP contribution is 2.66. The van der Waals surface area contributed by atoms with Crippen molar-refractivity contribution in [2.75, 3.05) is 0 Å². The Morgan fingerprint density at radius 2 is 1.75 bits per heavy atom. The van der Waals surface area contributed by atoms with E-state index < -0.39 is 6.08 Å². The largest absolute Gasteiger partial charge is 0.300 e. The highest BCUT2D eigenvalue weighted by molar-refractivity contribution is 5.87. The molecule has 1 unspecified atom stereocenters. The van der Waals surface area contributed by atoms with Crippen LogP contribution in [0.2, 0.25) is 0 Å². The van der Waals surface area contributed by atoms with Gasteiger partial charge in [0.2, 0.25) is 0 Å². The van der Waals surface area contributed by atoms with Gasteiger partial charge in [-0.1, -0.05) is 13.8 Å². The first-order chi connectivity index (χ1) is 11.3. The fraction of sp³-hybridized carbons (Fsp3) is 0.800. The summed E-state index contributed by atoms with van der Waals surface area (Å²) < 4.78 is 27.5. The Hall–Kier alpha value is -1.06. The van der Waals surface area contributed by atoms with Gasteiger partial charge in [0.05, 0.1) is 0 Å². The van der Waals surface area contributed by atoms with Crippen molar-refractivity contribution in [3.05, 3.63) is 11.7 Å². The van der Waals surface area contributed by atoms with Crippen molar-refractivity contribution in [1.82, 2.24) is 0 Å². The van der Waals surface area contributed by atoms with Gasteiger partial charge in [-0.05, 0) is 66.8 Å². The lowest BCUT2D eigenvalue weighted by Crippen LogP contribution is -2.54. The van der Waals surface area contributed by atoms with Crippen molar-refractivity contribution < 1.29 is 18.4 Å². The number of allylic oxidation sites excluding steroid dienone is 1. The summed E-state index contributed by atoms with van der Waals surface area (Å²) in [6.45, 7) is 4.21. The molecule has 4 fully saturated rings. The third kappa shape index (κ3) is 2.04. The number of Topliss-reactive ketones (excluding diaryl/α,β-unsaturated/α-hetero) is 2. The second-order valence-electron chi connectivity index (χ2n) is 9.09. The molecule has 0 aromatic rings. The van der Waals surface area contributed by atoms with E-state index in [1.807, 2.05) is 0 Å². The molecule has 0 radical (unpaired) electrons. The monoisotopic (exact) mass is 336 g/mol. The first-order valence-corrected chi connectivity index (χ1v) is 9.36. The maximum absolute atomic E-state index is 13.8. The van der Waals surface area contributed by atoms with Gasteiger partial charge >= 0.3 is 0 Å². The van der Waals surface area contributed by atoms with Crippen molar-refractivity contribution >= 4 is 11.6 Å². The molecule has 4 heteroatoms. The van der Waals surface area contributed by atoms with Crippen LogP contribution in [-0.2, 0) is 9.59 Å². The summed E-state index contributed by atoms with van der Waals surface area (Å²) in [6.07, 6.45) is 3.68. The molecule has 0 aromatic carbocycles. The number of hydrogen-bond donors (Lipinski definition) is 0. The standard InChI is InChI=1S/C20H26F2O2/c1-19-7-5-11(23)9-16(19)13(18(21)22)10-12-14-3-4-17(24)20(14,2)8-6-15(12)19/h12,14-16H,3-10H2,1-2H3/t12-,14-,15-,16?,19+,20-/m0/s1. The van der Waals surface area contributed by atoms with Gasteiger partial charge < -0.3 is 0 Å². The highest BCUT2D eigenvalue weighted by Gasteiger charge is 2.61. The molecule has 0 aliphatic heterocycles. The maximum Gasteiger partial charge on any atom is 0.269 e. The first kappa shape index (κ1) is 16.4. The number of carbonyl (C=O) groups is 2. The number of carbonyl (C=O) groups excluding carboxylic acids is 2. The van der Waals surface area contributed by atoms with Gasteiger partial charge in [0, 0.05) is 24.7 Å². The minimum Gasteiger partial charge on any atom is -0.300 e.